The summed E-state index contributed by atoms with van der Waals surface area (Å²) in [7, 11) is 1.70. The normalized spacial score (nSPS) is 11.3. The van der Waals surface area contributed by atoms with Crippen molar-refractivity contribution >= 4 is 17.6 Å². The maximum Gasteiger partial charge on any atom is 0.410 e. The van der Waals surface area contributed by atoms with Crippen LogP contribution in [0.3, 0.4) is 0 Å². The molecule has 0 unspecified atom stereocenters. The van der Waals surface area contributed by atoms with Crippen LogP contribution < -0.4 is 5.32 Å². The number of nitrogens with zero attached hydrogens (tertiary/aromatic N) is 4. The highest BCUT2D eigenvalue weighted by atomic mass is 16.6. The molecule has 0 aliphatic rings. The lowest BCUT2D eigenvalue weighted by atomic mass is 10.1. The Morgan fingerprint density at radius 2 is 1.97 bits per heavy atom. The molecule has 0 radical (unpaired) electrons. The van der Waals surface area contributed by atoms with Crippen LogP contribution in [-0.2, 0) is 17.8 Å². The summed E-state index contributed by atoms with van der Waals surface area (Å²) in [5.74, 6) is -0.222. The second kappa shape index (κ2) is 8.30. The quantitative estimate of drug-likeness (QED) is 0.717. The van der Waals surface area contributed by atoms with Gasteiger partial charge in [0.2, 0.25) is 0 Å². The Morgan fingerprint density at radius 3 is 2.72 bits per heavy atom. The number of hydrogen-bond acceptors (Lipinski definition) is 5. The van der Waals surface area contributed by atoms with Gasteiger partial charge in [-0.15, -0.1) is 0 Å². The molecule has 0 spiro atoms. The van der Waals surface area contributed by atoms with Gasteiger partial charge in [-0.05, 0) is 31.9 Å². The van der Waals surface area contributed by atoms with E-state index in [0.717, 1.165) is 11.1 Å². The van der Waals surface area contributed by atoms with Gasteiger partial charge in [-0.25, -0.2) is 9.78 Å². The summed E-state index contributed by atoms with van der Waals surface area (Å²) in [6, 6.07) is 7.72. The van der Waals surface area contributed by atoms with E-state index in [4.69, 9.17) is 4.74 Å². The van der Waals surface area contributed by atoms with Crippen LogP contribution in [-0.4, -0.2) is 43.9 Å². The predicted octanol–water partition coefficient (Wildman–Crippen LogP) is 3.03. The minimum absolute atomic E-state index is 0.222. The zero-order valence-electron chi connectivity index (χ0n) is 17.0. The first-order valence-corrected chi connectivity index (χ1v) is 9.30. The monoisotopic (exact) mass is 395 g/mol. The van der Waals surface area contributed by atoms with Crippen molar-refractivity contribution in [3.05, 3.63) is 65.9 Å². The molecule has 0 fully saturated rings. The molecule has 2 heterocycles. The Morgan fingerprint density at radius 1 is 1.21 bits per heavy atom. The van der Waals surface area contributed by atoms with E-state index in [1.165, 1.54) is 11.1 Å². The Kier molecular flexibility index (Phi) is 5.81. The molecule has 8 heteroatoms. The number of nitrogens with one attached hydrogen (secondary N) is 1. The molecular formula is C21H25N5O3. The number of imidazole rings is 1. The third-order valence-corrected chi connectivity index (χ3v) is 4.12. The molecule has 0 saturated heterocycles. The van der Waals surface area contributed by atoms with E-state index in [1.54, 1.807) is 30.0 Å². The lowest BCUT2D eigenvalue weighted by molar-refractivity contribution is 0.0285. The fourth-order valence-electron chi connectivity index (χ4n) is 2.80. The second-order valence-electron chi connectivity index (χ2n) is 7.79. The fraction of sp³-hybridized carbons (Fsp3) is 0.333. The highest BCUT2D eigenvalue weighted by Gasteiger charge is 2.19. The van der Waals surface area contributed by atoms with Gasteiger partial charge in [-0.2, -0.15) is 0 Å². The number of ether oxygens (including phenoxy) is 1. The van der Waals surface area contributed by atoms with Gasteiger partial charge in [-0.3, -0.25) is 14.2 Å². The van der Waals surface area contributed by atoms with E-state index in [0.29, 0.717) is 24.4 Å². The number of fused-ring (bicyclic) bond motifs is 1. The molecule has 0 saturated carbocycles. The van der Waals surface area contributed by atoms with Crippen molar-refractivity contribution in [3.63, 3.8) is 0 Å². The molecule has 1 aromatic carbocycles. The summed E-state index contributed by atoms with van der Waals surface area (Å²) >= 11 is 0. The van der Waals surface area contributed by atoms with Gasteiger partial charge >= 0.3 is 6.09 Å². The number of benzene rings is 1. The molecule has 0 aliphatic carbocycles. The zero-order valence-corrected chi connectivity index (χ0v) is 17.0. The van der Waals surface area contributed by atoms with E-state index in [1.807, 2.05) is 45.0 Å². The number of carbonyl (C=O) groups is 2. The van der Waals surface area contributed by atoms with Crippen LogP contribution in [0.1, 0.15) is 42.4 Å². The molecule has 8 nitrogen and oxygen atoms in total. The SMILES string of the molecule is CN(Cc1cccc(CNC(=O)c2cnc3cnccn23)c1)C(=O)OC(C)(C)C. The van der Waals surface area contributed by atoms with Crippen LogP contribution in [0.25, 0.3) is 5.65 Å². The summed E-state index contributed by atoms with van der Waals surface area (Å²) in [6.45, 7) is 6.28. The number of hydrogen-bond donors (Lipinski definition) is 1. The van der Waals surface area contributed by atoms with E-state index < -0.39 is 5.60 Å². The van der Waals surface area contributed by atoms with E-state index >= 15 is 0 Å². The van der Waals surface area contributed by atoms with Crippen molar-refractivity contribution in [3.8, 4) is 0 Å². The average Bonchev–Trinajstić information content (AvgIpc) is 3.09. The first-order chi connectivity index (χ1) is 13.7. The predicted molar refractivity (Wildman–Crippen MR) is 108 cm³/mol. The molecular weight excluding hydrogens is 370 g/mol. The molecule has 29 heavy (non-hydrogen) atoms. The maximum absolute atomic E-state index is 12.5. The Bertz CT molecular complexity index is 1020. The van der Waals surface area contributed by atoms with Crippen molar-refractivity contribution in [1.82, 2.24) is 24.6 Å². The summed E-state index contributed by atoms with van der Waals surface area (Å²) < 4.78 is 7.06. The molecule has 3 rings (SSSR count). The first kappa shape index (κ1) is 20.3. The first-order valence-electron chi connectivity index (χ1n) is 9.30. The van der Waals surface area contributed by atoms with Crippen molar-refractivity contribution in [2.24, 2.45) is 0 Å². The third kappa shape index (κ3) is 5.31. The molecule has 0 atom stereocenters. The molecule has 152 valence electrons. The largest absolute Gasteiger partial charge is 0.444 e. The van der Waals surface area contributed by atoms with E-state index in [-0.39, 0.29) is 12.0 Å². The van der Waals surface area contributed by atoms with Crippen LogP contribution >= 0.6 is 0 Å². The Labute approximate surface area is 169 Å². The van der Waals surface area contributed by atoms with Gasteiger partial charge < -0.3 is 15.0 Å². The third-order valence-electron chi connectivity index (χ3n) is 4.12. The molecule has 2 amide bonds. The van der Waals surface area contributed by atoms with Crippen LogP contribution in [0.5, 0.6) is 0 Å². The topological polar surface area (TPSA) is 88.8 Å². The molecule has 0 bridgehead atoms. The van der Waals surface area contributed by atoms with Crippen molar-refractivity contribution in [2.45, 2.75) is 39.5 Å². The summed E-state index contributed by atoms with van der Waals surface area (Å²) in [5, 5.41) is 2.90. The second-order valence-corrected chi connectivity index (χ2v) is 7.79. The average molecular weight is 395 g/mol. The van der Waals surface area contributed by atoms with Gasteiger partial charge in [0.1, 0.15) is 11.3 Å². The number of carbonyl (C=O) groups excluding carboxylic acids is 2. The minimum Gasteiger partial charge on any atom is -0.444 e. The van der Waals surface area contributed by atoms with Gasteiger partial charge in [0.05, 0.1) is 12.4 Å². The highest BCUT2D eigenvalue weighted by molar-refractivity contribution is 5.93. The van der Waals surface area contributed by atoms with Crippen LogP contribution in [0.15, 0.2) is 49.1 Å². The summed E-state index contributed by atoms with van der Waals surface area (Å²) in [5.41, 5.74) is 2.41. The van der Waals surface area contributed by atoms with E-state index in [9.17, 15) is 9.59 Å². The van der Waals surface area contributed by atoms with Gasteiger partial charge in [0.25, 0.3) is 5.91 Å². The standard InChI is InChI=1S/C21H25N5O3/c1-21(2,3)29-20(28)25(4)14-16-7-5-6-15(10-16)11-24-19(27)17-12-23-18-13-22-8-9-26(17)18/h5-10,12-13H,11,14H2,1-4H3,(H,24,27). The van der Waals surface area contributed by atoms with Crippen molar-refractivity contribution < 1.29 is 14.3 Å². The lowest BCUT2D eigenvalue weighted by Gasteiger charge is -2.24. The molecule has 0 aliphatic heterocycles. The number of aromatic nitrogens is 3. The molecule has 1 N–H and O–H groups in total. The van der Waals surface area contributed by atoms with Crippen molar-refractivity contribution in [2.75, 3.05) is 7.05 Å². The van der Waals surface area contributed by atoms with Crippen LogP contribution in [0.4, 0.5) is 4.79 Å². The number of amides is 2. The van der Waals surface area contributed by atoms with Gasteiger partial charge in [0, 0.05) is 32.5 Å². The van der Waals surface area contributed by atoms with E-state index in [2.05, 4.69) is 15.3 Å². The number of rotatable bonds is 5. The highest BCUT2D eigenvalue weighted by Crippen LogP contribution is 2.13. The van der Waals surface area contributed by atoms with Gasteiger partial charge in [-0.1, -0.05) is 24.3 Å². The lowest BCUT2D eigenvalue weighted by Crippen LogP contribution is -2.33. The maximum atomic E-state index is 12.5. The van der Waals surface area contributed by atoms with Crippen LogP contribution in [0.2, 0.25) is 0 Å². The summed E-state index contributed by atoms with van der Waals surface area (Å²) in [4.78, 5) is 34.3. The fourth-order valence-corrected chi connectivity index (χ4v) is 2.80. The van der Waals surface area contributed by atoms with Gasteiger partial charge in [0.15, 0.2) is 5.65 Å². The summed E-state index contributed by atoms with van der Waals surface area (Å²) in [6.07, 6.45) is 6.05. The Balaban J connectivity index is 1.61. The zero-order chi connectivity index (χ0) is 21.0. The Hall–Kier alpha value is -3.42. The van der Waals surface area contributed by atoms with Crippen molar-refractivity contribution in [1.29, 1.82) is 0 Å². The minimum atomic E-state index is -0.536. The van der Waals surface area contributed by atoms with Crippen LogP contribution in [0, 0.1) is 0 Å². The smallest absolute Gasteiger partial charge is 0.410 e. The molecule has 2 aromatic heterocycles. The molecule has 3 aromatic rings.